The van der Waals surface area contributed by atoms with Crippen LogP contribution in [0.3, 0.4) is 0 Å². The maximum atomic E-state index is 5.63. The molecule has 0 amide bonds. The third kappa shape index (κ3) is 3.62. The fraction of sp³-hybridized carbons (Fsp3) is 0.176. The summed E-state index contributed by atoms with van der Waals surface area (Å²) in [5.74, 6) is 1.73. The van der Waals surface area contributed by atoms with Crippen molar-refractivity contribution in [1.29, 1.82) is 0 Å². The highest BCUT2D eigenvalue weighted by molar-refractivity contribution is 5.53. The Hall–Kier alpha value is -2.22. The third-order valence-corrected chi connectivity index (χ3v) is 2.86. The van der Waals surface area contributed by atoms with Crippen molar-refractivity contribution in [2.24, 2.45) is 0 Å². The predicted octanol–water partition coefficient (Wildman–Crippen LogP) is 4.36. The predicted molar refractivity (Wildman–Crippen MR) is 78.6 cm³/mol. The van der Waals surface area contributed by atoms with E-state index in [1.807, 2.05) is 56.3 Å². The van der Waals surface area contributed by atoms with Crippen molar-refractivity contribution in [2.45, 2.75) is 13.8 Å². The molecule has 0 unspecified atom stereocenters. The van der Waals surface area contributed by atoms with Crippen LogP contribution in [-0.4, -0.2) is 7.11 Å². The zero-order chi connectivity index (χ0) is 13.7. The van der Waals surface area contributed by atoms with Crippen LogP contribution in [0.4, 0.5) is 0 Å². The van der Waals surface area contributed by atoms with Crippen LogP contribution in [0, 0.1) is 13.8 Å². The first-order chi connectivity index (χ1) is 9.19. The second-order valence-corrected chi connectivity index (χ2v) is 4.47. The van der Waals surface area contributed by atoms with Crippen LogP contribution < -0.4 is 9.47 Å². The van der Waals surface area contributed by atoms with Gasteiger partial charge in [-0.2, -0.15) is 0 Å². The van der Waals surface area contributed by atoms with Gasteiger partial charge in [-0.05, 0) is 54.8 Å². The molecule has 98 valence electrons. The van der Waals surface area contributed by atoms with E-state index in [0.29, 0.717) is 0 Å². The first kappa shape index (κ1) is 13.2. The summed E-state index contributed by atoms with van der Waals surface area (Å²) in [6, 6.07) is 14.0. The number of hydrogen-bond donors (Lipinski definition) is 0. The van der Waals surface area contributed by atoms with Crippen molar-refractivity contribution in [3.63, 3.8) is 0 Å². The SMILES string of the molecule is COc1cc(C)cc(/C=C/Oc2ccccc2C)c1. The zero-order valence-corrected chi connectivity index (χ0v) is 11.5. The number of aryl methyl sites for hydroxylation is 2. The van der Waals surface area contributed by atoms with Gasteiger partial charge in [-0.25, -0.2) is 0 Å². The average Bonchev–Trinajstić information content (AvgIpc) is 2.40. The Balaban J connectivity index is 2.11. The molecule has 0 aromatic heterocycles. The van der Waals surface area contributed by atoms with Gasteiger partial charge in [0, 0.05) is 0 Å². The van der Waals surface area contributed by atoms with Crippen LogP contribution in [-0.2, 0) is 0 Å². The molecule has 0 heterocycles. The maximum Gasteiger partial charge on any atom is 0.129 e. The minimum atomic E-state index is 0.857. The van der Waals surface area contributed by atoms with Crippen LogP contribution in [0.2, 0.25) is 0 Å². The van der Waals surface area contributed by atoms with E-state index >= 15 is 0 Å². The number of benzene rings is 2. The molecule has 0 radical (unpaired) electrons. The molecule has 0 aliphatic carbocycles. The lowest BCUT2D eigenvalue weighted by molar-refractivity contribution is 0.414. The van der Waals surface area contributed by atoms with Gasteiger partial charge in [-0.15, -0.1) is 0 Å². The van der Waals surface area contributed by atoms with E-state index < -0.39 is 0 Å². The zero-order valence-electron chi connectivity index (χ0n) is 11.5. The largest absolute Gasteiger partial charge is 0.497 e. The van der Waals surface area contributed by atoms with Gasteiger partial charge >= 0.3 is 0 Å². The van der Waals surface area contributed by atoms with Crippen molar-refractivity contribution < 1.29 is 9.47 Å². The Bertz CT molecular complexity index is 586. The summed E-state index contributed by atoms with van der Waals surface area (Å²) >= 11 is 0. The van der Waals surface area contributed by atoms with Crippen molar-refractivity contribution >= 4 is 6.08 Å². The first-order valence-electron chi connectivity index (χ1n) is 6.23. The molecule has 0 fully saturated rings. The number of rotatable bonds is 4. The van der Waals surface area contributed by atoms with E-state index in [0.717, 1.165) is 28.2 Å². The van der Waals surface area contributed by atoms with Crippen LogP contribution in [0.1, 0.15) is 16.7 Å². The Morgan fingerprint density at radius 3 is 2.53 bits per heavy atom. The number of para-hydroxylation sites is 1. The molecule has 2 nitrogen and oxygen atoms in total. The quantitative estimate of drug-likeness (QED) is 0.755. The molecule has 19 heavy (non-hydrogen) atoms. The summed E-state index contributed by atoms with van der Waals surface area (Å²) in [6.45, 7) is 4.07. The summed E-state index contributed by atoms with van der Waals surface area (Å²) in [5.41, 5.74) is 3.34. The number of hydrogen-bond acceptors (Lipinski definition) is 2. The van der Waals surface area contributed by atoms with E-state index in [-0.39, 0.29) is 0 Å². The molecule has 0 saturated carbocycles. The van der Waals surface area contributed by atoms with Gasteiger partial charge in [0.2, 0.25) is 0 Å². The summed E-state index contributed by atoms with van der Waals surface area (Å²) < 4.78 is 10.9. The fourth-order valence-corrected chi connectivity index (χ4v) is 1.87. The normalized spacial score (nSPS) is 10.7. The van der Waals surface area contributed by atoms with Crippen LogP contribution >= 0.6 is 0 Å². The van der Waals surface area contributed by atoms with Gasteiger partial charge in [0.1, 0.15) is 11.5 Å². The molecule has 2 aromatic rings. The second kappa shape index (κ2) is 6.10. The van der Waals surface area contributed by atoms with Crippen molar-refractivity contribution in [1.82, 2.24) is 0 Å². The fourth-order valence-electron chi connectivity index (χ4n) is 1.87. The van der Waals surface area contributed by atoms with Gasteiger partial charge in [0.25, 0.3) is 0 Å². The monoisotopic (exact) mass is 254 g/mol. The summed E-state index contributed by atoms with van der Waals surface area (Å²) in [4.78, 5) is 0. The minimum absolute atomic E-state index is 0.857. The van der Waals surface area contributed by atoms with E-state index in [2.05, 4.69) is 6.07 Å². The Morgan fingerprint density at radius 1 is 1.00 bits per heavy atom. The van der Waals surface area contributed by atoms with Crippen LogP contribution in [0.25, 0.3) is 6.08 Å². The molecular weight excluding hydrogens is 236 g/mol. The molecule has 0 aliphatic heterocycles. The molecule has 0 atom stereocenters. The first-order valence-corrected chi connectivity index (χ1v) is 6.23. The Labute approximate surface area is 114 Å². The molecule has 2 aromatic carbocycles. The highest BCUT2D eigenvalue weighted by Gasteiger charge is 1.97. The van der Waals surface area contributed by atoms with E-state index in [1.165, 1.54) is 0 Å². The lowest BCUT2D eigenvalue weighted by Gasteiger charge is -2.05. The van der Waals surface area contributed by atoms with Crippen molar-refractivity contribution in [3.8, 4) is 11.5 Å². The summed E-state index contributed by atoms with van der Waals surface area (Å²) in [6.07, 6.45) is 3.64. The van der Waals surface area contributed by atoms with Gasteiger partial charge in [0.05, 0.1) is 13.4 Å². The molecule has 0 bridgehead atoms. The topological polar surface area (TPSA) is 18.5 Å². The van der Waals surface area contributed by atoms with E-state index in [4.69, 9.17) is 9.47 Å². The van der Waals surface area contributed by atoms with Gasteiger partial charge in [-0.3, -0.25) is 0 Å². The average molecular weight is 254 g/mol. The van der Waals surface area contributed by atoms with Gasteiger partial charge in [-0.1, -0.05) is 24.3 Å². The number of methoxy groups -OCH3 is 1. The van der Waals surface area contributed by atoms with Crippen molar-refractivity contribution in [3.05, 3.63) is 65.4 Å². The van der Waals surface area contributed by atoms with Gasteiger partial charge in [0.15, 0.2) is 0 Å². The standard InChI is InChI=1S/C17H18O2/c1-13-10-15(12-16(11-13)18-3)8-9-19-17-7-5-4-6-14(17)2/h4-12H,1-3H3/b9-8+. The minimum Gasteiger partial charge on any atom is -0.497 e. The Morgan fingerprint density at radius 2 is 1.79 bits per heavy atom. The second-order valence-electron chi connectivity index (χ2n) is 4.47. The summed E-state index contributed by atoms with van der Waals surface area (Å²) in [5, 5.41) is 0. The lowest BCUT2D eigenvalue weighted by Crippen LogP contribution is -1.87. The molecule has 2 rings (SSSR count). The molecule has 0 aliphatic rings. The summed E-state index contributed by atoms with van der Waals surface area (Å²) in [7, 11) is 1.67. The van der Waals surface area contributed by atoms with E-state index in [9.17, 15) is 0 Å². The Kier molecular flexibility index (Phi) is 4.24. The maximum absolute atomic E-state index is 5.63. The lowest BCUT2D eigenvalue weighted by atomic mass is 10.1. The highest BCUT2D eigenvalue weighted by Crippen LogP contribution is 2.19. The molecule has 0 saturated heterocycles. The number of ether oxygens (including phenoxy) is 2. The molecular formula is C17H18O2. The van der Waals surface area contributed by atoms with E-state index in [1.54, 1.807) is 13.4 Å². The van der Waals surface area contributed by atoms with Crippen LogP contribution in [0.5, 0.6) is 11.5 Å². The molecule has 0 N–H and O–H groups in total. The molecule has 2 heteroatoms. The van der Waals surface area contributed by atoms with Crippen LogP contribution in [0.15, 0.2) is 48.7 Å². The molecule has 0 spiro atoms. The smallest absolute Gasteiger partial charge is 0.129 e. The van der Waals surface area contributed by atoms with Gasteiger partial charge < -0.3 is 9.47 Å². The third-order valence-electron chi connectivity index (χ3n) is 2.86. The van der Waals surface area contributed by atoms with Crippen molar-refractivity contribution in [2.75, 3.05) is 7.11 Å². The highest BCUT2D eigenvalue weighted by atomic mass is 16.5.